The molecule has 0 amide bonds. The molecule has 6 heteroatoms. The third-order valence-corrected chi connectivity index (χ3v) is 3.44. The fourth-order valence-corrected chi connectivity index (χ4v) is 2.44. The van der Waals surface area contributed by atoms with Crippen LogP contribution in [0.15, 0.2) is 12.4 Å². The van der Waals surface area contributed by atoms with Crippen molar-refractivity contribution in [2.45, 2.75) is 26.2 Å². The number of hydrogen-bond donors (Lipinski definition) is 0. The molecule has 1 aliphatic carbocycles. The lowest BCUT2D eigenvalue weighted by Crippen LogP contribution is -2.16. The van der Waals surface area contributed by atoms with E-state index in [0.29, 0.717) is 30.2 Å². The van der Waals surface area contributed by atoms with Crippen LogP contribution in [-0.2, 0) is 9.53 Å². The van der Waals surface area contributed by atoms with Crippen LogP contribution in [0.2, 0.25) is 5.15 Å². The first-order chi connectivity index (χ1) is 9.19. The van der Waals surface area contributed by atoms with E-state index < -0.39 is 0 Å². The Morgan fingerprint density at radius 3 is 3.05 bits per heavy atom. The zero-order chi connectivity index (χ0) is 13.7. The Balaban J connectivity index is 1.78. The van der Waals surface area contributed by atoms with Gasteiger partial charge in [0, 0.05) is 6.07 Å². The summed E-state index contributed by atoms with van der Waals surface area (Å²) in [7, 11) is 0. The Labute approximate surface area is 117 Å². The van der Waals surface area contributed by atoms with Crippen molar-refractivity contribution < 1.29 is 14.3 Å². The Bertz CT molecular complexity index is 442. The van der Waals surface area contributed by atoms with E-state index in [2.05, 4.69) is 9.97 Å². The van der Waals surface area contributed by atoms with Crippen molar-refractivity contribution >= 4 is 17.6 Å². The molecular formula is C13H17ClN2O3. The molecule has 0 aliphatic heterocycles. The quantitative estimate of drug-likeness (QED) is 0.614. The highest BCUT2D eigenvalue weighted by Gasteiger charge is 2.31. The molecule has 0 N–H and O–H groups in total. The highest BCUT2D eigenvalue weighted by molar-refractivity contribution is 6.29. The minimum atomic E-state index is -0.0879. The van der Waals surface area contributed by atoms with Gasteiger partial charge in [0.2, 0.25) is 5.88 Å². The smallest absolute Gasteiger partial charge is 0.308 e. The third-order valence-electron chi connectivity index (χ3n) is 3.24. The van der Waals surface area contributed by atoms with E-state index in [4.69, 9.17) is 21.1 Å². The number of rotatable bonds is 5. The van der Waals surface area contributed by atoms with Crippen LogP contribution in [0, 0.1) is 11.8 Å². The maximum atomic E-state index is 11.6. The first-order valence-corrected chi connectivity index (χ1v) is 6.83. The number of halogens is 1. The van der Waals surface area contributed by atoms with Crippen LogP contribution in [0.1, 0.15) is 26.2 Å². The molecule has 2 atom stereocenters. The molecule has 1 aromatic rings. The van der Waals surface area contributed by atoms with Crippen LogP contribution in [0.3, 0.4) is 0 Å². The van der Waals surface area contributed by atoms with Crippen molar-refractivity contribution in [3.63, 3.8) is 0 Å². The lowest BCUT2D eigenvalue weighted by Gasteiger charge is -2.11. The monoisotopic (exact) mass is 284 g/mol. The predicted molar refractivity (Wildman–Crippen MR) is 70.0 cm³/mol. The van der Waals surface area contributed by atoms with Crippen molar-refractivity contribution in [1.82, 2.24) is 9.97 Å². The van der Waals surface area contributed by atoms with Gasteiger partial charge in [-0.05, 0) is 32.1 Å². The summed E-state index contributed by atoms with van der Waals surface area (Å²) >= 11 is 5.75. The van der Waals surface area contributed by atoms with Gasteiger partial charge in [-0.2, -0.15) is 0 Å². The van der Waals surface area contributed by atoms with Crippen LogP contribution in [0.25, 0.3) is 0 Å². The van der Waals surface area contributed by atoms with Gasteiger partial charge in [-0.15, -0.1) is 0 Å². The molecule has 0 bridgehead atoms. The molecule has 0 aromatic carbocycles. The second kappa shape index (κ2) is 6.70. The van der Waals surface area contributed by atoms with Crippen LogP contribution in [0.5, 0.6) is 5.88 Å². The fourth-order valence-electron chi connectivity index (χ4n) is 2.30. The normalized spacial score (nSPS) is 22.2. The Hall–Kier alpha value is -1.36. The van der Waals surface area contributed by atoms with Crippen molar-refractivity contribution in [2.75, 3.05) is 13.2 Å². The number of carbonyl (C=O) groups is 1. The molecule has 1 fully saturated rings. The van der Waals surface area contributed by atoms with Gasteiger partial charge in [-0.3, -0.25) is 4.79 Å². The highest BCUT2D eigenvalue weighted by Crippen LogP contribution is 2.32. The molecule has 19 heavy (non-hydrogen) atoms. The molecule has 5 nitrogen and oxygen atoms in total. The van der Waals surface area contributed by atoms with E-state index in [-0.39, 0.29) is 11.9 Å². The van der Waals surface area contributed by atoms with Gasteiger partial charge in [0.1, 0.15) is 11.5 Å². The minimum Gasteiger partial charge on any atom is -0.477 e. The van der Waals surface area contributed by atoms with Crippen LogP contribution in [-0.4, -0.2) is 29.2 Å². The zero-order valence-corrected chi connectivity index (χ0v) is 11.6. The van der Waals surface area contributed by atoms with E-state index in [0.717, 1.165) is 19.3 Å². The summed E-state index contributed by atoms with van der Waals surface area (Å²) in [5.74, 6) is 0.764. The molecule has 0 unspecified atom stereocenters. The summed E-state index contributed by atoms with van der Waals surface area (Å²) in [6, 6.07) is 1.58. The average Bonchev–Trinajstić information content (AvgIpc) is 2.86. The molecule has 0 radical (unpaired) electrons. The number of aromatic nitrogens is 2. The molecule has 0 saturated heterocycles. The molecule has 1 saturated carbocycles. The topological polar surface area (TPSA) is 61.3 Å². The predicted octanol–water partition coefficient (Wildman–Crippen LogP) is 2.49. The van der Waals surface area contributed by atoms with E-state index in [1.807, 2.05) is 6.92 Å². The standard InChI is InChI=1S/C13H17ClN2O3/c1-2-18-13(17)10-4-3-9(5-10)7-19-12-6-11(14)15-8-16-12/h6,8-10H,2-5,7H2,1H3/t9-,10-/m0/s1. The van der Waals surface area contributed by atoms with E-state index in [1.165, 1.54) is 6.33 Å². The fraction of sp³-hybridized carbons (Fsp3) is 0.615. The number of hydrogen-bond acceptors (Lipinski definition) is 5. The SMILES string of the molecule is CCOC(=O)[C@H]1CC[C@H](COc2cc(Cl)ncn2)C1. The zero-order valence-electron chi connectivity index (χ0n) is 10.8. The molecule has 1 heterocycles. The molecule has 1 aromatic heterocycles. The first-order valence-electron chi connectivity index (χ1n) is 6.46. The van der Waals surface area contributed by atoms with Crippen LogP contribution >= 0.6 is 11.6 Å². The Kier molecular flexibility index (Phi) is 4.96. The van der Waals surface area contributed by atoms with Gasteiger partial charge in [-0.1, -0.05) is 11.6 Å². The van der Waals surface area contributed by atoms with Gasteiger partial charge in [0.25, 0.3) is 0 Å². The number of nitrogens with zero attached hydrogens (tertiary/aromatic N) is 2. The van der Waals surface area contributed by atoms with Crippen molar-refractivity contribution in [2.24, 2.45) is 11.8 Å². The largest absolute Gasteiger partial charge is 0.477 e. The average molecular weight is 285 g/mol. The second-order valence-corrected chi connectivity index (χ2v) is 5.01. The van der Waals surface area contributed by atoms with Gasteiger partial charge >= 0.3 is 5.97 Å². The molecule has 1 aliphatic rings. The third kappa shape index (κ3) is 4.06. The first kappa shape index (κ1) is 14.1. The van der Waals surface area contributed by atoms with Gasteiger partial charge in [0.05, 0.1) is 19.1 Å². The second-order valence-electron chi connectivity index (χ2n) is 4.62. The molecule has 0 spiro atoms. The van der Waals surface area contributed by atoms with Crippen molar-refractivity contribution in [3.8, 4) is 5.88 Å². The Morgan fingerprint density at radius 2 is 2.32 bits per heavy atom. The molecule has 2 rings (SSSR count). The van der Waals surface area contributed by atoms with E-state index >= 15 is 0 Å². The van der Waals surface area contributed by atoms with Gasteiger partial charge < -0.3 is 9.47 Å². The van der Waals surface area contributed by atoms with Crippen molar-refractivity contribution in [3.05, 3.63) is 17.5 Å². The summed E-state index contributed by atoms with van der Waals surface area (Å²) in [6.07, 6.45) is 4.03. The maximum Gasteiger partial charge on any atom is 0.308 e. The van der Waals surface area contributed by atoms with Gasteiger partial charge in [0.15, 0.2) is 0 Å². The molecular weight excluding hydrogens is 268 g/mol. The van der Waals surface area contributed by atoms with E-state index in [1.54, 1.807) is 6.07 Å². The lowest BCUT2D eigenvalue weighted by molar-refractivity contribution is -0.147. The minimum absolute atomic E-state index is 0.0162. The number of esters is 1. The highest BCUT2D eigenvalue weighted by atomic mass is 35.5. The number of ether oxygens (including phenoxy) is 2. The molecule has 104 valence electrons. The summed E-state index contributed by atoms with van der Waals surface area (Å²) in [5.41, 5.74) is 0. The summed E-state index contributed by atoms with van der Waals surface area (Å²) in [5, 5.41) is 0.362. The maximum absolute atomic E-state index is 11.6. The summed E-state index contributed by atoms with van der Waals surface area (Å²) < 4.78 is 10.6. The van der Waals surface area contributed by atoms with Gasteiger partial charge in [-0.25, -0.2) is 9.97 Å². The summed E-state index contributed by atoms with van der Waals surface area (Å²) in [4.78, 5) is 19.4. The van der Waals surface area contributed by atoms with Crippen molar-refractivity contribution in [1.29, 1.82) is 0 Å². The van der Waals surface area contributed by atoms with E-state index in [9.17, 15) is 4.79 Å². The number of carbonyl (C=O) groups excluding carboxylic acids is 1. The Morgan fingerprint density at radius 1 is 1.47 bits per heavy atom. The summed E-state index contributed by atoms with van der Waals surface area (Å²) in [6.45, 7) is 2.81. The van der Waals surface area contributed by atoms with Crippen LogP contribution < -0.4 is 4.74 Å². The lowest BCUT2D eigenvalue weighted by atomic mass is 10.1. The van der Waals surface area contributed by atoms with Crippen LogP contribution in [0.4, 0.5) is 0 Å².